The number of aryl methyl sites for hydroxylation is 1. The van der Waals surface area contributed by atoms with Crippen LogP contribution in [0.3, 0.4) is 0 Å². The number of rotatable bonds is 4. The van der Waals surface area contributed by atoms with E-state index in [1.54, 1.807) is 0 Å². The summed E-state index contributed by atoms with van der Waals surface area (Å²) in [5, 5.41) is 0. The summed E-state index contributed by atoms with van der Waals surface area (Å²) >= 11 is 0. The molecule has 0 atom stereocenters. The van der Waals surface area contributed by atoms with Crippen molar-refractivity contribution in [1.29, 1.82) is 0 Å². The third-order valence-corrected chi connectivity index (χ3v) is 2.11. The van der Waals surface area contributed by atoms with E-state index in [2.05, 4.69) is 50.3 Å². The van der Waals surface area contributed by atoms with Crippen LogP contribution in [-0.4, -0.2) is 0 Å². The highest BCUT2D eigenvalue weighted by molar-refractivity contribution is 5.49. The molecule has 0 spiro atoms. The predicted octanol–water partition coefficient (Wildman–Crippen LogP) is 4.20. The van der Waals surface area contributed by atoms with Gasteiger partial charge in [0.05, 0.1) is 0 Å². The first-order valence-electron chi connectivity index (χ1n) is 5.06. The predicted molar refractivity (Wildman–Crippen MR) is 59.7 cm³/mol. The number of hydrogen-bond acceptors (Lipinski definition) is 0. The van der Waals surface area contributed by atoms with Crippen molar-refractivity contribution < 1.29 is 0 Å². The van der Waals surface area contributed by atoms with E-state index in [9.17, 15) is 0 Å². The number of unbranched alkanes of at least 4 members (excludes halogenated alkanes) is 2. The van der Waals surface area contributed by atoms with Crippen LogP contribution < -0.4 is 0 Å². The van der Waals surface area contributed by atoms with E-state index in [0.717, 1.165) is 0 Å². The molecule has 0 heterocycles. The second-order valence-electron chi connectivity index (χ2n) is 3.46. The topological polar surface area (TPSA) is 0 Å². The van der Waals surface area contributed by atoms with Gasteiger partial charge in [0.25, 0.3) is 0 Å². The van der Waals surface area contributed by atoms with Gasteiger partial charge in [-0.25, -0.2) is 0 Å². The van der Waals surface area contributed by atoms with Crippen LogP contribution in [0, 0.1) is 6.92 Å². The largest absolute Gasteiger partial charge is 0.0839 e. The lowest BCUT2D eigenvalue weighted by Crippen LogP contribution is -1.73. The van der Waals surface area contributed by atoms with Crippen LogP contribution in [0.25, 0.3) is 6.08 Å². The lowest BCUT2D eigenvalue weighted by Gasteiger charge is -1.94. The van der Waals surface area contributed by atoms with Gasteiger partial charge < -0.3 is 0 Å². The molecule has 0 aliphatic rings. The molecule has 1 rings (SSSR count). The average Bonchev–Trinajstić information content (AvgIpc) is 2.15. The van der Waals surface area contributed by atoms with Gasteiger partial charge in [0.1, 0.15) is 0 Å². The van der Waals surface area contributed by atoms with Gasteiger partial charge in [0.2, 0.25) is 0 Å². The van der Waals surface area contributed by atoms with Crippen LogP contribution in [0.15, 0.2) is 30.3 Å². The van der Waals surface area contributed by atoms with Crippen LogP contribution >= 0.6 is 0 Å². The van der Waals surface area contributed by atoms with Crippen molar-refractivity contribution in [2.45, 2.75) is 33.1 Å². The van der Waals surface area contributed by atoms with Crippen LogP contribution in [0.2, 0.25) is 0 Å². The maximum Gasteiger partial charge on any atom is -0.0260 e. The van der Waals surface area contributed by atoms with Gasteiger partial charge in [-0.2, -0.15) is 0 Å². The summed E-state index contributed by atoms with van der Waals surface area (Å²) in [5.41, 5.74) is 2.63. The quantitative estimate of drug-likeness (QED) is 0.600. The summed E-state index contributed by atoms with van der Waals surface area (Å²) in [4.78, 5) is 0. The highest BCUT2D eigenvalue weighted by Gasteiger charge is 1.85. The summed E-state index contributed by atoms with van der Waals surface area (Å²) in [6.45, 7) is 4.34. The van der Waals surface area contributed by atoms with E-state index in [-0.39, 0.29) is 0 Å². The summed E-state index contributed by atoms with van der Waals surface area (Å²) in [6, 6.07) is 8.63. The van der Waals surface area contributed by atoms with Gasteiger partial charge in [-0.15, -0.1) is 0 Å². The molecule has 0 bridgehead atoms. The molecular formula is C13H18. The lowest BCUT2D eigenvalue weighted by molar-refractivity contribution is 0.816. The van der Waals surface area contributed by atoms with Crippen molar-refractivity contribution in [3.63, 3.8) is 0 Å². The average molecular weight is 174 g/mol. The maximum absolute atomic E-state index is 2.26. The SMILES string of the molecule is CCCC/C=C/c1ccc(C)cc1. The molecule has 70 valence electrons. The zero-order valence-electron chi connectivity index (χ0n) is 8.59. The summed E-state index contributed by atoms with van der Waals surface area (Å²) < 4.78 is 0. The Morgan fingerprint density at radius 1 is 1.15 bits per heavy atom. The van der Waals surface area contributed by atoms with E-state index in [1.165, 1.54) is 30.4 Å². The second-order valence-corrected chi connectivity index (χ2v) is 3.46. The van der Waals surface area contributed by atoms with Crippen LogP contribution in [0.5, 0.6) is 0 Å². The van der Waals surface area contributed by atoms with E-state index in [0.29, 0.717) is 0 Å². The molecule has 0 fully saturated rings. The van der Waals surface area contributed by atoms with E-state index in [1.807, 2.05) is 0 Å². The minimum Gasteiger partial charge on any atom is -0.0839 e. The molecule has 0 saturated heterocycles. The summed E-state index contributed by atoms with van der Waals surface area (Å²) in [7, 11) is 0. The minimum atomic E-state index is 1.20. The van der Waals surface area contributed by atoms with Crippen LogP contribution in [-0.2, 0) is 0 Å². The lowest BCUT2D eigenvalue weighted by atomic mass is 10.1. The fourth-order valence-corrected chi connectivity index (χ4v) is 1.22. The van der Waals surface area contributed by atoms with Crippen molar-refractivity contribution in [2.75, 3.05) is 0 Å². The molecule has 0 aliphatic heterocycles. The normalized spacial score (nSPS) is 10.9. The van der Waals surface area contributed by atoms with Gasteiger partial charge in [-0.1, -0.05) is 61.7 Å². The van der Waals surface area contributed by atoms with E-state index >= 15 is 0 Å². The van der Waals surface area contributed by atoms with Gasteiger partial charge in [-0.3, -0.25) is 0 Å². The fourth-order valence-electron chi connectivity index (χ4n) is 1.22. The van der Waals surface area contributed by atoms with Crippen molar-refractivity contribution in [3.8, 4) is 0 Å². The molecular weight excluding hydrogens is 156 g/mol. The number of benzene rings is 1. The van der Waals surface area contributed by atoms with E-state index < -0.39 is 0 Å². The van der Waals surface area contributed by atoms with Crippen molar-refractivity contribution in [1.82, 2.24) is 0 Å². The molecule has 0 radical (unpaired) electrons. The number of hydrogen-bond donors (Lipinski definition) is 0. The Bertz CT molecular complexity index is 254. The Morgan fingerprint density at radius 3 is 2.46 bits per heavy atom. The highest BCUT2D eigenvalue weighted by Crippen LogP contribution is 2.06. The van der Waals surface area contributed by atoms with Crippen molar-refractivity contribution >= 4 is 6.08 Å². The molecule has 0 N–H and O–H groups in total. The van der Waals surface area contributed by atoms with Gasteiger partial charge in [0, 0.05) is 0 Å². The van der Waals surface area contributed by atoms with Gasteiger partial charge in [0.15, 0.2) is 0 Å². The fraction of sp³-hybridized carbons (Fsp3) is 0.385. The summed E-state index contributed by atoms with van der Waals surface area (Å²) in [6.07, 6.45) is 8.23. The van der Waals surface area contributed by atoms with Crippen LogP contribution in [0.1, 0.15) is 37.3 Å². The van der Waals surface area contributed by atoms with Crippen LogP contribution in [0.4, 0.5) is 0 Å². The maximum atomic E-state index is 2.26. The smallest absolute Gasteiger partial charge is 0.0260 e. The molecule has 1 aromatic rings. The van der Waals surface area contributed by atoms with Crippen molar-refractivity contribution in [3.05, 3.63) is 41.5 Å². The zero-order chi connectivity index (χ0) is 9.52. The molecule has 0 unspecified atom stereocenters. The number of allylic oxidation sites excluding steroid dienone is 1. The first kappa shape index (κ1) is 10.0. The van der Waals surface area contributed by atoms with E-state index in [4.69, 9.17) is 0 Å². The Labute approximate surface area is 81.3 Å². The standard InChI is InChI=1S/C13H18/c1-3-4-5-6-7-13-10-8-12(2)9-11-13/h6-11H,3-5H2,1-2H3/b7-6+. The molecule has 1 aromatic carbocycles. The first-order chi connectivity index (χ1) is 6.33. The van der Waals surface area contributed by atoms with Gasteiger partial charge in [-0.05, 0) is 18.9 Å². The summed E-state index contributed by atoms with van der Waals surface area (Å²) in [5.74, 6) is 0. The van der Waals surface area contributed by atoms with Gasteiger partial charge >= 0.3 is 0 Å². The molecule has 13 heavy (non-hydrogen) atoms. The zero-order valence-corrected chi connectivity index (χ0v) is 8.59. The van der Waals surface area contributed by atoms with Crippen molar-refractivity contribution in [2.24, 2.45) is 0 Å². The molecule has 0 aromatic heterocycles. The molecule has 0 saturated carbocycles. The third-order valence-electron chi connectivity index (χ3n) is 2.11. The molecule has 0 heteroatoms. The first-order valence-corrected chi connectivity index (χ1v) is 5.06. The minimum absolute atomic E-state index is 1.20. The molecule has 0 amide bonds. The Hall–Kier alpha value is -1.04. The molecule has 0 nitrogen and oxygen atoms in total. The Balaban J connectivity index is 2.44. The monoisotopic (exact) mass is 174 g/mol. The third kappa shape index (κ3) is 3.93. The molecule has 0 aliphatic carbocycles. The highest BCUT2D eigenvalue weighted by atomic mass is 13.9. The Kier molecular flexibility index (Phi) is 4.31. The second kappa shape index (κ2) is 5.58. The Morgan fingerprint density at radius 2 is 1.85 bits per heavy atom.